The summed E-state index contributed by atoms with van der Waals surface area (Å²) in [7, 11) is 0. The summed E-state index contributed by atoms with van der Waals surface area (Å²) in [6.07, 6.45) is 5.26. The van der Waals surface area contributed by atoms with Gasteiger partial charge in [0.25, 0.3) is 0 Å². The Morgan fingerprint density at radius 1 is 1.07 bits per heavy atom. The molecule has 0 amide bonds. The van der Waals surface area contributed by atoms with Gasteiger partial charge in [-0.15, -0.1) is 0 Å². The first-order chi connectivity index (χ1) is 7.15. The molecule has 0 unspecified atom stereocenters. The van der Waals surface area contributed by atoms with Crippen LogP contribution in [0.3, 0.4) is 0 Å². The molecule has 0 radical (unpaired) electrons. The van der Waals surface area contributed by atoms with E-state index in [1.165, 1.54) is 16.7 Å². The van der Waals surface area contributed by atoms with E-state index in [0.29, 0.717) is 6.61 Å². The van der Waals surface area contributed by atoms with E-state index >= 15 is 0 Å². The van der Waals surface area contributed by atoms with Crippen LogP contribution < -0.4 is 4.74 Å². The molecule has 1 rings (SSSR count). The third-order valence-corrected chi connectivity index (χ3v) is 2.33. The molecule has 1 aromatic rings. The highest BCUT2D eigenvalue weighted by atomic mass is 16.5. The molecule has 0 saturated heterocycles. The summed E-state index contributed by atoms with van der Waals surface area (Å²) >= 11 is 0. The average Bonchev–Trinajstić information content (AvgIpc) is 2.15. The van der Waals surface area contributed by atoms with Gasteiger partial charge in [-0.3, -0.25) is 0 Å². The Kier molecular flexibility index (Phi) is 4.41. The van der Waals surface area contributed by atoms with E-state index in [9.17, 15) is 0 Å². The number of rotatable bonds is 4. The van der Waals surface area contributed by atoms with Gasteiger partial charge in [0.1, 0.15) is 12.4 Å². The largest absolute Gasteiger partial charge is 0.489 e. The van der Waals surface area contributed by atoms with E-state index in [1.807, 2.05) is 0 Å². The lowest BCUT2D eigenvalue weighted by Gasteiger charge is -2.11. The second-order valence-corrected chi connectivity index (χ2v) is 3.92. The average molecular weight is 204 g/mol. The topological polar surface area (TPSA) is 9.23 Å². The minimum Gasteiger partial charge on any atom is -0.489 e. The van der Waals surface area contributed by atoms with Crippen molar-refractivity contribution in [2.24, 2.45) is 0 Å². The monoisotopic (exact) mass is 204 g/mol. The third-order valence-electron chi connectivity index (χ3n) is 2.33. The molecule has 0 saturated carbocycles. The van der Waals surface area contributed by atoms with Crippen molar-refractivity contribution in [3.05, 3.63) is 41.0 Å². The van der Waals surface area contributed by atoms with E-state index in [1.54, 1.807) is 0 Å². The summed E-state index contributed by atoms with van der Waals surface area (Å²) in [5.41, 5.74) is 3.73. The summed E-state index contributed by atoms with van der Waals surface area (Å²) < 4.78 is 5.74. The molecule has 0 spiro atoms. The van der Waals surface area contributed by atoms with Crippen LogP contribution in [0.2, 0.25) is 0 Å². The van der Waals surface area contributed by atoms with Gasteiger partial charge < -0.3 is 4.74 Å². The lowest BCUT2D eigenvalue weighted by molar-refractivity contribution is 0.357. The van der Waals surface area contributed by atoms with Crippen LogP contribution in [0.4, 0.5) is 0 Å². The molecule has 1 aromatic carbocycles. The Morgan fingerprint density at radius 3 is 2.20 bits per heavy atom. The second-order valence-electron chi connectivity index (χ2n) is 3.92. The Labute approximate surface area is 92.8 Å². The minimum absolute atomic E-state index is 0.665. The van der Waals surface area contributed by atoms with Gasteiger partial charge in [-0.1, -0.05) is 36.8 Å². The van der Waals surface area contributed by atoms with Gasteiger partial charge in [-0.25, -0.2) is 0 Å². The fourth-order valence-electron chi connectivity index (χ4n) is 1.76. The van der Waals surface area contributed by atoms with Crippen LogP contribution in [0.15, 0.2) is 24.3 Å². The zero-order valence-electron chi connectivity index (χ0n) is 10.1. The maximum Gasteiger partial charge on any atom is 0.125 e. The van der Waals surface area contributed by atoms with Crippen LogP contribution in [-0.4, -0.2) is 6.61 Å². The van der Waals surface area contributed by atoms with Gasteiger partial charge in [0.2, 0.25) is 0 Å². The first-order valence-corrected chi connectivity index (χ1v) is 5.50. The summed E-state index contributed by atoms with van der Waals surface area (Å²) in [5.74, 6) is 1.03. The smallest absolute Gasteiger partial charge is 0.125 e. The maximum atomic E-state index is 5.74. The van der Waals surface area contributed by atoms with Crippen LogP contribution in [-0.2, 0) is 0 Å². The first-order valence-electron chi connectivity index (χ1n) is 5.50. The van der Waals surface area contributed by atoms with E-state index in [4.69, 9.17) is 4.74 Å². The molecular formula is C14H20O. The predicted molar refractivity (Wildman–Crippen MR) is 65.6 cm³/mol. The van der Waals surface area contributed by atoms with Crippen LogP contribution >= 0.6 is 0 Å². The van der Waals surface area contributed by atoms with Gasteiger partial charge in [-0.2, -0.15) is 0 Å². The molecule has 0 aliphatic rings. The Morgan fingerprint density at radius 2 is 1.67 bits per heavy atom. The van der Waals surface area contributed by atoms with Crippen LogP contribution in [0.25, 0.3) is 0 Å². The minimum atomic E-state index is 0.665. The summed E-state index contributed by atoms with van der Waals surface area (Å²) in [6.45, 7) is 9.09. The molecule has 0 bridgehead atoms. The molecule has 0 aliphatic heterocycles. The fourth-order valence-corrected chi connectivity index (χ4v) is 1.76. The Hall–Kier alpha value is -1.24. The summed E-state index contributed by atoms with van der Waals surface area (Å²) in [4.78, 5) is 0. The molecule has 15 heavy (non-hydrogen) atoms. The van der Waals surface area contributed by atoms with E-state index in [-0.39, 0.29) is 0 Å². The van der Waals surface area contributed by atoms with Crippen molar-refractivity contribution >= 4 is 0 Å². The Balaban J connectivity index is 2.72. The summed E-state index contributed by atoms with van der Waals surface area (Å²) in [6, 6.07) is 4.32. The van der Waals surface area contributed by atoms with E-state index in [0.717, 1.165) is 12.2 Å². The van der Waals surface area contributed by atoms with Crippen molar-refractivity contribution < 1.29 is 4.74 Å². The van der Waals surface area contributed by atoms with Crippen molar-refractivity contribution in [3.63, 3.8) is 0 Å². The van der Waals surface area contributed by atoms with Gasteiger partial charge in [0.05, 0.1) is 0 Å². The maximum absolute atomic E-state index is 5.74. The highest BCUT2D eigenvalue weighted by molar-refractivity contribution is 5.42. The Bertz CT molecular complexity index is 327. The molecule has 0 fully saturated rings. The number of hydrogen-bond donors (Lipinski definition) is 0. The number of aryl methyl sites for hydroxylation is 3. The molecular weight excluding hydrogens is 184 g/mol. The zero-order chi connectivity index (χ0) is 11.3. The van der Waals surface area contributed by atoms with Crippen molar-refractivity contribution in [2.45, 2.75) is 34.1 Å². The molecule has 0 N–H and O–H groups in total. The standard InChI is InChI=1S/C14H20O/c1-5-6-7-8-15-14-12(3)9-11(2)10-13(14)4/h6-7,9-10H,5,8H2,1-4H3/b7-6+. The highest BCUT2D eigenvalue weighted by Crippen LogP contribution is 2.24. The van der Waals surface area contributed by atoms with E-state index < -0.39 is 0 Å². The zero-order valence-corrected chi connectivity index (χ0v) is 10.1. The van der Waals surface area contributed by atoms with Gasteiger partial charge in [0.15, 0.2) is 0 Å². The van der Waals surface area contributed by atoms with Crippen molar-refractivity contribution in [2.75, 3.05) is 6.61 Å². The van der Waals surface area contributed by atoms with E-state index in [2.05, 4.69) is 52.0 Å². The van der Waals surface area contributed by atoms with Crippen LogP contribution in [0.1, 0.15) is 30.0 Å². The second kappa shape index (κ2) is 5.59. The molecule has 0 aromatic heterocycles. The number of allylic oxidation sites excluding steroid dienone is 1. The number of ether oxygens (including phenoxy) is 1. The SMILES string of the molecule is CC/C=C/COc1c(C)cc(C)cc1C. The highest BCUT2D eigenvalue weighted by Gasteiger charge is 2.03. The van der Waals surface area contributed by atoms with Crippen molar-refractivity contribution in [1.29, 1.82) is 0 Å². The normalized spacial score (nSPS) is 10.9. The molecule has 1 nitrogen and oxygen atoms in total. The fraction of sp³-hybridized carbons (Fsp3) is 0.429. The third kappa shape index (κ3) is 3.43. The van der Waals surface area contributed by atoms with Gasteiger partial charge in [0, 0.05) is 0 Å². The number of benzene rings is 1. The predicted octanol–water partition coefficient (Wildman–Crippen LogP) is 3.96. The van der Waals surface area contributed by atoms with Crippen molar-refractivity contribution in [3.8, 4) is 5.75 Å². The lowest BCUT2D eigenvalue weighted by Crippen LogP contribution is -1.98. The van der Waals surface area contributed by atoms with Crippen molar-refractivity contribution in [1.82, 2.24) is 0 Å². The molecule has 0 heterocycles. The lowest BCUT2D eigenvalue weighted by atomic mass is 10.1. The van der Waals surface area contributed by atoms with Gasteiger partial charge >= 0.3 is 0 Å². The molecule has 1 heteroatoms. The quantitative estimate of drug-likeness (QED) is 0.675. The molecule has 0 atom stereocenters. The molecule has 82 valence electrons. The van der Waals surface area contributed by atoms with Gasteiger partial charge in [-0.05, 0) is 38.3 Å². The number of hydrogen-bond acceptors (Lipinski definition) is 1. The first kappa shape index (κ1) is 11.8. The van der Waals surface area contributed by atoms with Crippen LogP contribution in [0, 0.1) is 20.8 Å². The van der Waals surface area contributed by atoms with Crippen LogP contribution in [0.5, 0.6) is 5.75 Å². The summed E-state index contributed by atoms with van der Waals surface area (Å²) in [5, 5.41) is 0. The molecule has 0 aliphatic carbocycles.